The second kappa shape index (κ2) is 5.93. The Morgan fingerprint density at radius 2 is 1.21 bits per heavy atom. The molecule has 0 aliphatic carbocycles. The van der Waals surface area contributed by atoms with Crippen LogP contribution >= 0.6 is 0 Å². The summed E-state index contributed by atoms with van der Waals surface area (Å²) in [5, 5.41) is 15.9. The molecule has 19 heavy (non-hydrogen) atoms. The van der Waals surface area contributed by atoms with Crippen LogP contribution in [0, 0.1) is 0 Å². The van der Waals surface area contributed by atoms with E-state index in [2.05, 4.69) is 0 Å². The lowest BCUT2D eigenvalue weighted by molar-refractivity contribution is -0.355. The van der Waals surface area contributed by atoms with Crippen molar-refractivity contribution in [2.24, 2.45) is 16.2 Å². The fourth-order valence-corrected chi connectivity index (χ4v) is 2.18. The van der Waals surface area contributed by atoms with Crippen molar-refractivity contribution in [1.29, 1.82) is 0 Å². The minimum absolute atomic E-state index is 0.00385. The largest absolute Gasteiger partial charge is 0.459 e. The molecule has 3 nitrogen and oxygen atoms in total. The number of halogens is 7. The summed E-state index contributed by atoms with van der Waals surface area (Å²) in [7, 11) is -2.84. The Morgan fingerprint density at radius 1 is 0.737 bits per heavy atom. The van der Waals surface area contributed by atoms with Crippen LogP contribution in [0.15, 0.2) is 0 Å². The Kier molecular flexibility index (Phi) is 5.81. The molecule has 0 aromatic rings. The van der Waals surface area contributed by atoms with E-state index in [9.17, 15) is 30.7 Å². The van der Waals surface area contributed by atoms with Gasteiger partial charge in [0.25, 0.3) is 8.56 Å². The molecule has 0 bridgehead atoms. The van der Waals surface area contributed by atoms with E-state index in [1.165, 1.54) is 0 Å². The fraction of sp³-hybridized carbons (Fsp3) is 1.00. The predicted molar refractivity (Wildman–Crippen MR) is 57.5 cm³/mol. The summed E-state index contributed by atoms with van der Waals surface area (Å²) in [5.74, 6) is -11.2. The van der Waals surface area contributed by atoms with Crippen LogP contribution in [0.2, 0.25) is 6.04 Å². The number of hydrogen-bond donors (Lipinski definition) is 3. The standard InChI is InChI=1S/C8H16F7N3Si/c9-6(10,7(11,12)8(13,14)15)4-2-1-3-5-19(16,17)18/h1-5,16-18H2. The summed E-state index contributed by atoms with van der Waals surface area (Å²) in [5.41, 5.74) is 0. The number of hydrogen-bond acceptors (Lipinski definition) is 3. The highest BCUT2D eigenvalue weighted by atomic mass is 28.4. The summed E-state index contributed by atoms with van der Waals surface area (Å²) in [4.78, 5) is 0. The van der Waals surface area contributed by atoms with Gasteiger partial charge in [-0.05, 0) is 12.5 Å². The Balaban J connectivity index is 4.26. The number of rotatable bonds is 7. The minimum atomic E-state index is -6.27. The summed E-state index contributed by atoms with van der Waals surface area (Å²) in [6.45, 7) is 0. The predicted octanol–water partition coefficient (Wildman–Crippen LogP) is 2.19. The first-order valence-electron chi connectivity index (χ1n) is 5.40. The second-order valence-electron chi connectivity index (χ2n) is 4.45. The number of unbranched alkanes of at least 4 members (excludes halogenated alkanes) is 2. The summed E-state index contributed by atoms with van der Waals surface area (Å²) >= 11 is 0. The topological polar surface area (TPSA) is 78.1 Å². The van der Waals surface area contributed by atoms with Gasteiger partial charge in [0.05, 0.1) is 0 Å². The van der Waals surface area contributed by atoms with Gasteiger partial charge in [-0.1, -0.05) is 12.8 Å². The Hall–Kier alpha value is -0.393. The van der Waals surface area contributed by atoms with Crippen molar-refractivity contribution in [2.45, 2.75) is 49.7 Å². The number of alkyl halides is 7. The van der Waals surface area contributed by atoms with Crippen LogP contribution in [0.3, 0.4) is 0 Å². The van der Waals surface area contributed by atoms with E-state index in [-0.39, 0.29) is 18.9 Å². The molecule has 11 heteroatoms. The van der Waals surface area contributed by atoms with E-state index in [1.807, 2.05) is 0 Å². The molecule has 0 amide bonds. The molecular formula is C8H16F7N3Si. The van der Waals surface area contributed by atoms with Crippen LogP contribution in [-0.2, 0) is 0 Å². The lowest BCUT2D eigenvalue weighted by atomic mass is 10.0. The van der Waals surface area contributed by atoms with Crippen molar-refractivity contribution in [3.63, 3.8) is 0 Å². The molecule has 0 aliphatic rings. The van der Waals surface area contributed by atoms with Gasteiger partial charge in [-0.15, -0.1) is 0 Å². The van der Waals surface area contributed by atoms with Crippen molar-refractivity contribution in [2.75, 3.05) is 0 Å². The molecule has 116 valence electrons. The van der Waals surface area contributed by atoms with Crippen molar-refractivity contribution in [3.8, 4) is 0 Å². The van der Waals surface area contributed by atoms with E-state index >= 15 is 0 Å². The van der Waals surface area contributed by atoms with E-state index in [1.54, 1.807) is 0 Å². The first-order chi connectivity index (χ1) is 8.21. The monoisotopic (exact) mass is 315 g/mol. The van der Waals surface area contributed by atoms with Crippen molar-refractivity contribution in [3.05, 3.63) is 0 Å². The van der Waals surface area contributed by atoms with Crippen molar-refractivity contribution in [1.82, 2.24) is 0 Å². The molecule has 0 unspecified atom stereocenters. The highest BCUT2D eigenvalue weighted by molar-refractivity contribution is 6.70. The normalized spacial score (nSPS) is 14.8. The van der Waals surface area contributed by atoms with Crippen LogP contribution in [0.4, 0.5) is 30.7 Å². The van der Waals surface area contributed by atoms with Gasteiger partial charge < -0.3 is 16.2 Å². The van der Waals surface area contributed by atoms with Gasteiger partial charge in [-0.3, -0.25) is 0 Å². The summed E-state index contributed by atoms with van der Waals surface area (Å²) < 4.78 is 86.0. The molecular weight excluding hydrogens is 299 g/mol. The summed E-state index contributed by atoms with van der Waals surface area (Å²) in [6, 6.07) is 0.175. The Bertz CT molecular complexity index is 287. The molecule has 6 N–H and O–H groups in total. The highest BCUT2D eigenvalue weighted by Gasteiger charge is 2.72. The SMILES string of the molecule is N[Si](N)(N)CCCCCC(F)(F)C(F)(F)C(F)(F)F. The minimum Gasteiger partial charge on any atom is -0.327 e. The molecule has 0 aromatic carbocycles. The molecule has 0 radical (unpaired) electrons. The van der Waals surface area contributed by atoms with Gasteiger partial charge in [0.15, 0.2) is 0 Å². The van der Waals surface area contributed by atoms with E-state index < -0.39 is 39.4 Å². The molecule has 0 rings (SSSR count). The van der Waals surface area contributed by atoms with Gasteiger partial charge in [0.2, 0.25) is 0 Å². The lowest BCUT2D eigenvalue weighted by Gasteiger charge is -2.28. The third-order valence-corrected chi connectivity index (χ3v) is 3.64. The van der Waals surface area contributed by atoms with Crippen molar-refractivity contribution < 1.29 is 30.7 Å². The van der Waals surface area contributed by atoms with Crippen LogP contribution in [0.25, 0.3) is 0 Å². The quantitative estimate of drug-likeness (QED) is 0.383. The zero-order valence-corrected chi connectivity index (χ0v) is 10.9. The third-order valence-electron chi connectivity index (χ3n) is 2.42. The zero-order valence-electron chi connectivity index (χ0n) is 9.91. The lowest BCUT2D eigenvalue weighted by Crippen LogP contribution is -2.64. The fourth-order valence-electron chi connectivity index (χ4n) is 1.32. The Labute approximate surface area is 106 Å². The average molecular weight is 315 g/mol. The van der Waals surface area contributed by atoms with Gasteiger partial charge in [0.1, 0.15) is 0 Å². The smallest absolute Gasteiger partial charge is 0.327 e. The number of nitrogens with two attached hydrogens (primary N) is 3. The highest BCUT2D eigenvalue weighted by Crippen LogP contribution is 2.48. The van der Waals surface area contributed by atoms with Crippen LogP contribution in [0.5, 0.6) is 0 Å². The van der Waals surface area contributed by atoms with Crippen LogP contribution in [0.1, 0.15) is 25.7 Å². The Morgan fingerprint density at radius 3 is 1.58 bits per heavy atom. The molecule has 0 fully saturated rings. The molecule has 0 saturated heterocycles. The van der Waals surface area contributed by atoms with Gasteiger partial charge in [-0.2, -0.15) is 30.7 Å². The van der Waals surface area contributed by atoms with Crippen molar-refractivity contribution >= 4 is 8.56 Å². The van der Waals surface area contributed by atoms with E-state index in [0.717, 1.165) is 0 Å². The molecule has 0 saturated carbocycles. The maximum Gasteiger partial charge on any atom is 0.459 e. The van der Waals surface area contributed by atoms with Crippen LogP contribution < -0.4 is 16.2 Å². The maximum absolute atomic E-state index is 12.8. The van der Waals surface area contributed by atoms with Gasteiger partial charge in [0, 0.05) is 6.42 Å². The second-order valence-corrected chi connectivity index (χ2v) is 7.17. The molecule has 0 aliphatic heterocycles. The van der Waals surface area contributed by atoms with Gasteiger partial charge in [-0.25, -0.2) is 0 Å². The molecule has 0 aromatic heterocycles. The first kappa shape index (κ1) is 18.6. The summed E-state index contributed by atoms with van der Waals surface area (Å²) in [6.07, 6.45) is -8.12. The molecule has 0 atom stereocenters. The first-order valence-corrected chi connectivity index (χ1v) is 7.84. The maximum atomic E-state index is 12.8. The van der Waals surface area contributed by atoms with Gasteiger partial charge >= 0.3 is 18.0 Å². The van der Waals surface area contributed by atoms with E-state index in [4.69, 9.17) is 16.2 Å². The third kappa shape index (κ3) is 5.63. The van der Waals surface area contributed by atoms with E-state index in [0.29, 0.717) is 0 Å². The average Bonchev–Trinajstić information content (AvgIpc) is 2.12. The van der Waals surface area contributed by atoms with Crippen LogP contribution in [-0.4, -0.2) is 26.6 Å². The molecule has 0 spiro atoms. The molecule has 0 heterocycles. The zero-order chi connectivity index (χ0) is 15.5.